The average molecular weight is 278 g/mol. The quantitative estimate of drug-likeness (QED) is 0.803. The van der Waals surface area contributed by atoms with Crippen LogP contribution in [0.1, 0.15) is 24.8 Å². The summed E-state index contributed by atoms with van der Waals surface area (Å²) in [6, 6.07) is 14.8. The number of halogens is 2. The molecule has 0 amide bonds. The van der Waals surface area contributed by atoms with Crippen LogP contribution in [-0.2, 0) is 0 Å². The van der Waals surface area contributed by atoms with Gasteiger partial charge in [0.15, 0.2) is 0 Å². The highest BCUT2D eigenvalue weighted by Gasteiger charge is 2.05. The van der Waals surface area contributed by atoms with Crippen LogP contribution in [0.15, 0.2) is 48.5 Å². The fraction of sp³-hybridized carbons (Fsp3) is 0.250. The van der Waals surface area contributed by atoms with E-state index in [2.05, 4.69) is 36.5 Å². The lowest BCUT2D eigenvalue weighted by atomic mass is 9.98. The third-order valence-electron chi connectivity index (χ3n) is 3.19. The van der Waals surface area contributed by atoms with Crippen LogP contribution < -0.4 is 5.32 Å². The summed E-state index contributed by atoms with van der Waals surface area (Å²) >= 11 is 5.96. The van der Waals surface area contributed by atoms with Gasteiger partial charge in [0.05, 0.1) is 10.7 Å². The summed E-state index contributed by atoms with van der Waals surface area (Å²) in [6.07, 6.45) is 0.998. The van der Waals surface area contributed by atoms with Crippen LogP contribution in [0.25, 0.3) is 0 Å². The minimum absolute atomic E-state index is 0.312. The Labute approximate surface area is 118 Å². The van der Waals surface area contributed by atoms with Crippen molar-refractivity contribution in [3.8, 4) is 0 Å². The van der Waals surface area contributed by atoms with Gasteiger partial charge in [-0.05, 0) is 36.1 Å². The SMILES string of the molecule is CC(CCNc1ccc(F)cc1Cl)c1ccccc1. The summed E-state index contributed by atoms with van der Waals surface area (Å²) in [5.41, 5.74) is 2.11. The molecule has 0 aromatic heterocycles. The minimum Gasteiger partial charge on any atom is -0.384 e. The monoisotopic (exact) mass is 277 g/mol. The van der Waals surface area contributed by atoms with Gasteiger partial charge >= 0.3 is 0 Å². The highest BCUT2D eigenvalue weighted by molar-refractivity contribution is 6.33. The fourth-order valence-corrected chi connectivity index (χ4v) is 2.24. The molecule has 0 heterocycles. The third kappa shape index (κ3) is 3.97. The molecule has 100 valence electrons. The molecule has 0 aliphatic rings. The molecule has 2 aromatic rings. The zero-order valence-corrected chi connectivity index (χ0v) is 11.6. The van der Waals surface area contributed by atoms with Crippen LogP contribution in [0.4, 0.5) is 10.1 Å². The van der Waals surface area contributed by atoms with E-state index in [1.165, 1.54) is 17.7 Å². The number of hydrogen-bond acceptors (Lipinski definition) is 1. The van der Waals surface area contributed by atoms with Crippen molar-refractivity contribution in [2.45, 2.75) is 19.3 Å². The molecule has 0 fully saturated rings. The van der Waals surface area contributed by atoms with Crippen LogP contribution in [-0.4, -0.2) is 6.54 Å². The molecule has 0 aliphatic heterocycles. The van der Waals surface area contributed by atoms with Gasteiger partial charge in [-0.15, -0.1) is 0 Å². The molecular weight excluding hydrogens is 261 g/mol. The smallest absolute Gasteiger partial charge is 0.124 e. The van der Waals surface area contributed by atoms with E-state index in [1.807, 2.05) is 6.07 Å². The van der Waals surface area contributed by atoms with Crippen molar-refractivity contribution < 1.29 is 4.39 Å². The summed E-state index contributed by atoms with van der Waals surface area (Å²) in [5.74, 6) is 0.168. The van der Waals surface area contributed by atoms with Crippen molar-refractivity contribution in [3.05, 3.63) is 64.9 Å². The molecule has 0 bridgehead atoms. The predicted molar refractivity (Wildman–Crippen MR) is 79.4 cm³/mol. The molecule has 0 aliphatic carbocycles. The number of hydrogen-bond donors (Lipinski definition) is 1. The summed E-state index contributed by atoms with van der Waals surface area (Å²) in [6.45, 7) is 3.00. The Kier molecular flexibility index (Phi) is 4.80. The zero-order chi connectivity index (χ0) is 13.7. The topological polar surface area (TPSA) is 12.0 Å². The van der Waals surface area contributed by atoms with Crippen LogP contribution in [0.5, 0.6) is 0 Å². The minimum atomic E-state index is -0.312. The summed E-state index contributed by atoms with van der Waals surface area (Å²) in [7, 11) is 0. The molecule has 1 atom stereocenters. The van der Waals surface area contributed by atoms with Crippen LogP contribution in [0, 0.1) is 5.82 Å². The van der Waals surface area contributed by atoms with E-state index in [9.17, 15) is 4.39 Å². The van der Waals surface area contributed by atoms with E-state index >= 15 is 0 Å². The van der Waals surface area contributed by atoms with Crippen LogP contribution >= 0.6 is 11.6 Å². The van der Waals surface area contributed by atoms with Crippen molar-refractivity contribution in [3.63, 3.8) is 0 Å². The van der Waals surface area contributed by atoms with E-state index in [4.69, 9.17) is 11.6 Å². The van der Waals surface area contributed by atoms with Crippen molar-refractivity contribution in [2.75, 3.05) is 11.9 Å². The highest BCUT2D eigenvalue weighted by Crippen LogP contribution is 2.23. The number of anilines is 1. The van der Waals surface area contributed by atoms with Gasteiger partial charge in [-0.3, -0.25) is 0 Å². The highest BCUT2D eigenvalue weighted by atomic mass is 35.5. The first-order chi connectivity index (χ1) is 9.16. The second-order valence-corrected chi connectivity index (χ2v) is 5.06. The van der Waals surface area contributed by atoms with Crippen molar-refractivity contribution in [2.24, 2.45) is 0 Å². The fourth-order valence-electron chi connectivity index (χ4n) is 2.00. The van der Waals surface area contributed by atoms with E-state index in [0.29, 0.717) is 10.9 Å². The zero-order valence-electron chi connectivity index (χ0n) is 10.9. The summed E-state index contributed by atoms with van der Waals surface area (Å²) < 4.78 is 12.9. The van der Waals surface area contributed by atoms with E-state index in [0.717, 1.165) is 18.7 Å². The normalized spacial score (nSPS) is 12.2. The molecule has 1 unspecified atom stereocenters. The van der Waals surface area contributed by atoms with Crippen molar-refractivity contribution >= 4 is 17.3 Å². The lowest BCUT2D eigenvalue weighted by molar-refractivity contribution is 0.628. The predicted octanol–water partition coefficient (Wildman–Crippen LogP) is 5.08. The molecule has 2 aromatic carbocycles. The molecule has 0 spiro atoms. The van der Waals surface area contributed by atoms with E-state index in [1.54, 1.807) is 6.07 Å². The molecule has 0 saturated heterocycles. The maximum Gasteiger partial charge on any atom is 0.124 e. The van der Waals surface area contributed by atoms with E-state index < -0.39 is 0 Å². The largest absolute Gasteiger partial charge is 0.384 e. The van der Waals surface area contributed by atoms with Gasteiger partial charge in [0, 0.05) is 6.54 Å². The van der Waals surface area contributed by atoms with Gasteiger partial charge in [-0.25, -0.2) is 4.39 Å². The first kappa shape index (κ1) is 13.9. The molecular formula is C16H17ClFN. The Morgan fingerprint density at radius 3 is 2.58 bits per heavy atom. The van der Waals surface area contributed by atoms with Gasteiger partial charge in [-0.2, -0.15) is 0 Å². The molecule has 0 radical (unpaired) electrons. The lowest BCUT2D eigenvalue weighted by Crippen LogP contribution is -2.06. The van der Waals surface area contributed by atoms with Gasteiger partial charge in [0.2, 0.25) is 0 Å². The number of rotatable bonds is 5. The molecule has 3 heteroatoms. The maximum atomic E-state index is 12.9. The van der Waals surface area contributed by atoms with E-state index in [-0.39, 0.29) is 5.82 Å². The third-order valence-corrected chi connectivity index (χ3v) is 3.51. The number of benzene rings is 2. The van der Waals surface area contributed by atoms with Gasteiger partial charge in [0.1, 0.15) is 5.82 Å². The Bertz CT molecular complexity index is 528. The van der Waals surface area contributed by atoms with Crippen molar-refractivity contribution in [1.29, 1.82) is 0 Å². The molecule has 0 saturated carbocycles. The summed E-state index contributed by atoms with van der Waals surface area (Å²) in [5, 5.41) is 3.67. The standard InChI is InChI=1S/C16H17ClFN/c1-12(13-5-3-2-4-6-13)9-10-19-16-8-7-14(18)11-15(16)17/h2-8,11-12,19H,9-10H2,1H3. The lowest BCUT2D eigenvalue weighted by Gasteiger charge is -2.13. The molecule has 1 N–H and O–H groups in total. The van der Waals surface area contributed by atoms with Gasteiger partial charge in [0.25, 0.3) is 0 Å². The Morgan fingerprint density at radius 2 is 1.89 bits per heavy atom. The maximum absolute atomic E-state index is 12.9. The first-order valence-corrected chi connectivity index (χ1v) is 6.78. The Hall–Kier alpha value is -1.54. The van der Waals surface area contributed by atoms with Crippen LogP contribution in [0.2, 0.25) is 5.02 Å². The van der Waals surface area contributed by atoms with Crippen molar-refractivity contribution in [1.82, 2.24) is 0 Å². The Morgan fingerprint density at radius 1 is 1.16 bits per heavy atom. The molecule has 1 nitrogen and oxygen atoms in total. The second-order valence-electron chi connectivity index (χ2n) is 4.65. The first-order valence-electron chi connectivity index (χ1n) is 6.40. The summed E-state index contributed by atoms with van der Waals surface area (Å²) in [4.78, 5) is 0. The Balaban J connectivity index is 1.86. The van der Waals surface area contributed by atoms with Crippen LogP contribution in [0.3, 0.4) is 0 Å². The number of nitrogens with one attached hydrogen (secondary N) is 1. The van der Waals surface area contributed by atoms with Gasteiger partial charge in [-0.1, -0.05) is 48.9 Å². The molecule has 19 heavy (non-hydrogen) atoms. The second kappa shape index (κ2) is 6.58. The van der Waals surface area contributed by atoms with Gasteiger partial charge < -0.3 is 5.32 Å². The average Bonchev–Trinajstić information content (AvgIpc) is 2.42. The molecule has 2 rings (SSSR count).